The SMILES string of the molecule is O=C1C(=O)C2C(c3ccccc3)C3CCCCC3C3CCCC1C32. The smallest absolute Gasteiger partial charge is 0.202 e. The van der Waals surface area contributed by atoms with Crippen LogP contribution in [-0.2, 0) is 9.59 Å². The number of carbonyl (C=O) groups is 2. The number of rotatable bonds is 1. The molecule has 1 aromatic carbocycles. The molecule has 1 aromatic rings. The largest absolute Gasteiger partial charge is 0.291 e. The van der Waals surface area contributed by atoms with Gasteiger partial charge >= 0.3 is 0 Å². The Morgan fingerprint density at radius 1 is 0.667 bits per heavy atom. The summed E-state index contributed by atoms with van der Waals surface area (Å²) in [5, 5.41) is 0. The van der Waals surface area contributed by atoms with Crippen LogP contribution < -0.4 is 0 Å². The molecule has 5 rings (SSSR count). The molecule has 7 unspecified atom stereocenters. The van der Waals surface area contributed by atoms with Gasteiger partial charge in [0.25, 0.3) is 0 Å². The highest BCUT2D eigenvalue weighted by Crippen LogP contribution is 2.63. The zero-order valence-corrected chi connectivity index (χ0v) is 14.2. The van der Waals surface area contributed by atoms with Crippen molar-refractivity contribution in [3.63, 3.8) is 0 Å². The molecule has 4 saturated carbocycles. The van der Waals surface area contributed by atoms with Crippen LogP contribution >= 0.6 is 0 Å². The van der Waals surface area contributed by atoms with Crippen molar-refractivity contribution in [2.75, 3.05) is 0 Å². The highest BCUT2D eigenvalue weighted by molar-refractivity contribution is 6.41. The fourth-order valence-corrected chi connectivity index (χ4v) is 7.06. The molecule has 0 spiro atoms. The highest BCUT2D eigenvalue weighted by Gasteiger charge is 2.62. The molecule has 2 nitrogen and oxygen atoms in total. The third-order valence-electron chi connectivity index (χ3n) is 7.77. The molecule has 0 N–H and O–H groups in total. The second-order valence-electron chi connectivity index (χ2n) is 8.58. The Bertz CT molecular complexity index is 664. The molecule has 0 radical (unpaired) electrons. The molecule has 4 aliphatic carbocycles. The first-order chi connectivity index (χ1) is 11.8. The van der Waals surface area contributed by atoms with Gasteiger partial charge in [-0.2, -0.15) is 0 Å². The highest BCUT2D eigenvalue weighted by atomic mass is 16.2. The van der Waals surface area contributed by atoms with E-state index in [1.54, 1.807) is 0 Å². The maximum atomic E-state index is 13.0. The Hall–Kier alpha value is -1.44. The summed E-state index contributed by atoms with van der Waals surface area (Å²) in [4.78, 5) is 25.7. The maximum absolute atomic E-state index is 13.0. The minimum Gasteiger partial charge on any atom is -0.291 e. The summed E-state index contributed by atoms with van der Waals surface area (Å²) < 4.78 is 0. The molecule has 4 fully saturated rings. The van der Waals surface area contributed by atoms with Gasteiger partial charge in [-0.05, 0) is 60.8 Å². The van der Waals surface area contributed by atoms with Gasteiger partial charge < -0.3 is 0 Å². The molecule has 4 aliphatic rings. The van der Waals surface area contributed by atoms with Crippen LogP contribution in [0.3, 0.4) is 0 Å². The van der Waals surface area contributed by atoms with E-state index in [1.807, 2.05) is 0 Å². The maximum Gasteiger partial charge on any atom is 0.202 e. The number of hydrogen-bond donors (Lipinski definition) is 0. The molecule has 24 heavy (non-hydrogen) atoms. The van der Waals surface area contributed by atoms with E-state index in [-0.39, 0.29) is 29.3 Å². The van der Waals surface area contributed by atoms with Gasteiger partial charge in [0.2, 0.25) is 11.6 Å². The molecule has 0 aromatic heterocycles. The summed E-state index contributed by atoms with van der Waals surface area (Å²) in [6, 6.07) is 10.6. The van der Waals surface area contributed by atoms with E-state index in [2.05, 4.69) is 30.3 Å². The van der Waals surface area contributed by atoms with Gasteiger partial charge in [-0.25, -0.2) is 0 Å². The predicted molar refractivity (Wildman–Crippen MR) is 92.5 cm³/mol. The van der Waals surface area contributed by atoms with Crippen molar-refractivity contribution in [1.82, 2.24) is 0 Å². The van der Waals surface area contributed by atoms with Crippen molar-refractivity contribution in [2.45, 2.75) is 50.9 Å². The average Bonchev–Trinajstić information content (AvgIpc) is 2.90. The summed E-state index contributed by atoms with van der Waals surface area (Å²) in [5.74, 6) is 2.62. The molecule has 0 amide bonds. The Labute approximate surface area is 144 Å². The van der Waals surface area contributed by atoms with Gasteiger partial charge in [0.05, 0.1) is 0 Å². The van der Waals surface area contributed by atoms with Crippen LogP contribution in [0, 0.1) is 35.5 Å². The summed E-state index contributed by atoms with van der Waals surface area (Å²) in [5.41, 5.74) is 1.31. The Kier molecular flexibility index (Phi) is 3.43. The molecule has 0 aliphatic heterocycles. The first kappa shape index (κ1) is 14.9. The molecule has 2 heteroatoms. The summed E-state index contributed by atoms with van der Waals surface area (Å²) in [7, 11) is 0. The topological polar surface area (TPSA) is 34.1 Å². The number of fused-ring (bicyclic) bond motifs is 2. The number of ketones is 2. The van der Waals surface area contributed by atoms with E-state index in [4.69, 9.17) is 0 Å². The fourth-order valence-electron chi connectivity index (χ4n) is 7.06. The molecule has 0 saturated heterocycles. The van der Waals surface area contributed by atoms with Crippen molar-refractivity contribution in [1.29, 1.82) is 0 Å². The second kappa shape index (κ2) is 5.54. The summed E-state index contributed by atoms with van der Waals surface area (Å²) in [6.45, 7) is 0. The third kappa shape index (κ3) is 1.95. The van der Waals surface area contributed by atoms with Crippen molar-refractivity contribution >= 4 is 11.6 Å². The predicted octanol–water partition coefficient (Wildman–Crippen LogP) is 4.39. The summed E-state index contributed by atoms with van der Waals surface area (Å²) >= 11 is 0. The lowest BCUT2D eigenvalue weighted by Crippen LogP contribution is -2.48. The number of benzene rings is 1. The lowest BCUT2D eigenvalue weighted by Gasteiger charge is -2.54. The van der Waals surface area contributed by atoms with E-state index in [1.165, 1.54) is 37.7 Å². The van der Waals surface area contributed by atoms with Crippen LogP contribution in [0.4, 0.5) is 0 Å². The monoisotopic (exact) mass is 322 g/mol. The van der Waals surface area contributed by atoms with Gasteiger partial charge in [-0.3, -0.25) is 9.59 Å². The van der Waals surface area contributed by atoms with Crippen LogP contribution in [-0.4, -0.2) is 11.6 Å². The average molecular weight is 322 g/mol. The zero-order valence-electron chi connectivity index (χ0n) is 14.2. The van der Waals surface area contributed by atoms with Gasteiger partial charge in [-0.15, -0.1) is 0 Å². The first-order valence-electron chi connectivity index (χ1n) is 9.90. The van der Waals surface area contributed by atoms with Crippen molar-refractivity contribution in [3.05, 3.63) is 35.9 Å². The van der Waals surface area contributed by atoms with Gasteiger partial charge in [0, 0.05) is 11.8 Å². The molecule has 0 bridgehead atoms. The molecular formula is C22H26O2. The van der Waals surface area contributed by atoms with Crippen molar-refractivity contribution < 1.29 is 9.59 Å². The minimum absolute atomic E-state index is 0.0187. The number of hydrogen-bond acceptors (Lipinski definition) is 2. The lowest BCUT2D eigenvalue weighted by atomic mass is 9.49. The molecular weight excluding hydrogens is 296 g/mol. The lowest BCUT2D eigenvalue weighted by molar-refractivity contribution is -0.137. The minimum atomic E-state index is -0.0192. The quantitative estimate of drug-likeness (QED) is 0.719. The van der Waals surface area contributed by atoms with Gasteiger partial charge in [0.1, 0.15) is 0 Å². The van der Waals surface area contributed by atoms with Crippen LogP contribution in [0.25, 0.3) is 0 Å². The molecule has 126 valence electrons. The van der Waals surface area contributed by atoms with Crippen LogP contribution in [0.2, 0.25) is 0 Å². The molecule has 0 heterocycles. The third-order valence-corrected chi connectivity index (χ3v) is 7.77. The Balaban J connectivity index is 1.65. The standard InChI is InChI=1S/C22H26O2/c23-21-17-12-6-11-16-14-9-4-5-10-15(14)18(13-7-2-1-3-8-13)20(19(16)17)22(21)24/h1-3,7-8,14-20H,4-6,9-12H2. The van der Waals surface area contributed by atoms with Gasteiger partial charge in [0.15, 0.2) is 0 Å². The van der Waals surface area contributed by atoms with Gasteiger partial charge in [-0.1, -0.05) is 49.6 Å². The normalized spacial score (nSPS) is 44.1. The Morgan fingerprint density at radius 2 is 1.38 bits per heavy atom. The van der Waals surface area contributed by atoms with E-state index < -0.39 is 0 Å². The van der Waals surface area contributed by atoms with Crippen LogP contribution in [0.15, 0.2) is 30.3 Å². The Morgan fingerprint density at radius 3 is 2.17 bits per heavy atom. The summed E-state index contributed by atoms with van der Waals surface area (Å²) in [6.07, 6.45) is 8.55. The zero-order chi connectivity index (χ0) is 16.3. The fraction of sp³-hybridized carbons (Fsp3) is 0.636. The van der Waals surface area contributed by atoms with Crippen molar-refractivity contribution in [2.24, 2.45) is 35.5 Å². The molecule has 7 atom stereocenters. The van der Waals surface area contributed by atoms with E-state index >= 15 is 0 Å². The van der Waals surface area contributed by atoms with E-state index in [0.29, 0.717) is 17.8 Å². The van der Waals surface area contributed by atoms with E-state index in [0.717, 1.165) is 18.8 Å². The first-order valence-corrected chi connectivity index (χ1v) is 9.90. The van der Waals surface area contributed by atoms with E-state index in [9.17, 15) is 9.59 Å². The van der Waals surface area contributed by atoms with Crippen LogP contribution in [0.5, 0.6) is 0 Å². The number of carbonyl (C=O) groups excluding carboxylic acids is 2. The number of Topliss-reactive ketones (excluding diaryl/α,β-unsaturated/α-hetero) is 2. The second-order valence-corrected chi connectivity index (χ2v) is 8.58. The van der Waals surface area contributed by atoms with Crippen LogP contribution in [0.1, 0.15) is 56.4 Å². The van der Waals surface area contributed by atoms with Crippen molar-refractivity contribution in [3.8, 4) is 0 Å².